The molecule has 0 saturated carbocycles. The molecular formula is C13H19N7O3. The van der Waals surface area contributed by atoms with Gasteiger partial charge in [0.1, 0.15) is 12.3 Å². The molecule has 23 heavy (non-hydrogen) atoms. The Labute approximate surface area is 132 Å². The molecule has 0 aliphatic rings. The summed E-state index contributed by atoms with van der Waals surface area (Å²) in [4.78, 5) is 24.8. The molecule has 0 saturated heterocycles. The number of hydrogen-bond donors (Lipinski definition) is 2. The highest BCUT2D eigenvalue weighted by atomic mass is 16.5. The molecule has 0 radical (unpaired) electrons. The third-order valence-electron chi connectivity index (χ3n) is 3.13. The fraction of sp³-hybridized carbons (Fsp3) is 0.462. The Morgan fingerprint density at radius 1 is 1.35 bits per heavy atom. The van der Waals surface area contributed by atoms with Gasteiger partial charge in [0.2, 0.25) is 5.91 Å². The zero-order valence-corrected chi connectivity index (χ0v) is 13.5. The summed E-state index contributed by atoms with van der Waals surface area (Å²) in [6.07, 6.45) is 1.48. The summed E-state index contributed by atoms with van der Waals surface area (Å²) in [5.41, 5.74) is 1.60. The molecule has 10 nitrogen and oxygen atoms in total. The number of anilines is 1. The number of aryl methyl sites for hydroxylation is 2. The molecular weight excluding hydrogens is 302 g/mol. The molecule has 0 fully saturated rings. The molecule has 3 amide bonds. The Kier molecular flexibility index (Phi) is 4.94. The van der Waals surface area contributed by atoms with Gasteiger partial charge in [-0.3, -0.25) is 10.1 Å². The molecule has 0 spiro atoms. The van der Waals surface area contributed by atoms with E-state index in [0.717, 1.165) is 11.3 Å². The number of carbonyl (C=O) groups excluding carboxylic acids is 2. The van der Waals surface area contributed by atoms with Crippen LogP contribution in [-0.4, -0.2) is 51.1 Å². The molecule has 0 aromatic carbocycles. The lowest BCUT2D eigenvalue weighted by Gasteiger charge is -2.09. The first kappa shape index (κ1) is 16.5. The highest BCUT2D eigenvalue weighted by Gasteiger charge is 2.12. The second kappa shape index (κ2) is 6.90. The second-order valence-corrected chi connectivity index (χ2v) is 5.21. The van der Waals surface area contributed by atoms with Crippen molar-refractivity contribution >= 4 is 17.8 Å². The molecule has 2 aromatic heterocycles. The zero-order chi connectivity index (χ0) is 17.0. The molecule has 0 unspecified atom stereocenters. The van der Waals surface area contributed by atoms with Crippen LogP contribution in [0.15, 0.2) is 10.7 Å². The van der Waals surface area contributed by atoms with E-state index >= 15 is 0 Å². The lowest BCUT2D eigenvalue weighted by Crippen LogP contribution is -2.28. The first-order chi connectivity index (χ1) is 10.9. The minimum atomic E-state index is -0.320. The Morgan fingerprint density at radius 2 is 2.09 bits per heavy atom. The van der Waals surface area contributed by atoms with E-state index in [2.05, 4.69) is 26.1 Å². The van der Waals surface area contributed by atoms with Crippen molar-refractivity contribution in [2.75, 3.05) is 19.4 Å². The lowest BCUT2D eigenvalue weighted by atomic mass is 10.2. The van der Waals surface area contributed by atoms with Gasteiger partial charge in [-0.05, 0) is 13.8 Å². The largest absolute Gasteiger partial charge is 0.361 e. The fourth-order valence-electron chi connectivity index (χ4n) is 1.80. The van der Waals surface area contributed by atoms with Crippen LogP contribution >= 0.6 is 0 Å². The highest BCUT2D eigenvalue weighted by molar-refractivity contribution is 5.87. The van der Waals surface area contributed by atoms with E-state index in [9.17, 15) is 9.59 Å². The van der Waals surface area contributed by atoms with Gasteiger partial charge in [0, 0.05) is 26.2 Å². The summed E-state index contributed by atoms with van der Waals surface area (Å²) in [6.45, 7) is 3.93. The van der Waals surface area contributed by atoms with Crippen LogP contribution in [0.5, 0.6) is 0 Å². The number of urea groups is 1. The van der Waals surface area contributed by atoms with Crippen LogP contribution in [0.25, 0.3) is 0 Å². The molecule has 2 N–H and O–H groups in total. The van der Waals surface area contributed by atoms with Crippen molar-refractivity contribution in [2.45, 2.75) is 26.9 Å². The lowest BCUT2D eigenvalue weighted by molar-refractivity contribution is -0.122. The van der Waals surface area contributed by atoms with Crippen molar-refractivity contribution in [3.63, 3.8) is 0 Å². The maximum absolute atomic E-state index is 11.9. The van der Waals surface area contributed by atoms with Crippen LogP contribution < -0.4 is 10.6 Å². The van der Waals surface area contributed by atoms with Crippen LogP contribution in [0.1, 0.15) is 17.0 Å². The monoisotopic (exact) mass is 321 g/mol. The molecule has 10 heteroatoms. The summed E-state index contributed by atoms with van der Waals surface area (Å²) < 4.78 is 6.37. The van der Waals surface area contributed by atoms with E-state index < -0.39 is 0 Å². The normalized spacial score (nSPS) is 10.4. The molecule has 124 valence electrons. The Bertz CT molecular complexity index is 685. The van der Waals surface area contributed by atoms with Gasteiger partial charge in [-0.25, -0.2) is 9.48 Å². The van der Waals surface area contributed by atoms with Gasteiger partial charge in [0.15, 0.2) is 5.82 Å². The van der Waals surface area contributed by atoms with Crippen LogP contribution in [0.2, 0.25) is 0 Å². The summed E-state index contributed by atoms with van der Waals surface area (Å²) in [5.74, 6) is 0.722. The second-order valence-electron chi connectivity index (χ2n) is 5.21. The van der Waals surface area contributed by atoms with Crippen LogP contribution in [0.3, 0.4) is 0 Å². The van der Waals surface area contributed by atoms with Crippen LogP contribution in [-0.2, 0) is 17.9 Å². The summed E-state index contributed by atoms with van der Waals surface area (Å²) in [6, 6.07) is -0.320. The van der Waals surface area contributed by atoms with E-state index in [4.69, 9.17) is 4.52 Å². The van der Waals surface area contributed by atoms with E-state index in [1.807, 2.05) is 6.92 Å². The first-order valence-electron chi connectivity index (χ1n) is 6.93. The van der Waals surface area contributed by atoms with Gasteiger partial charge in [0.25, 0.3) is 0 Å². The predicted molar refractivity (Wildman–Crippen MR) is 80.6 cm³/mol. The minimum Gasteiger partial charge on any atom is -0.361 e. The number of amides is 3. The summed E-state index contributed by atoms with van der Waals surface area (Å²) in [7, 11) is 3.23. The third-order valence-corrected chi connectivity index (χ3v) is 3.13. The van der Waals surface area contributed by atoms with Crippen molar-refractivity contribution in [3.05, 3.63) is 23.2 Å². The topological polar surface area (TPSA) is 118 Å². The van der Waals surface area contributed by atoms with Crippen molar-refractivity contribution in [3.8, 4) is 0 Å². The Balaban J connectivity index is 1.86. The standard InChI is InChI=1S/C13H19N7O3/c1-8-10(9(2)23-17-8)5-14-12(21)7-20-6-11(16-18-20)15-13(22)19(3)4/h6H,5,7H2,1-4H3,(H,14,21)(H,15,22). The smallest absolute Gasteiger partial charge is 0.322 e. The van der Waals surface area contributed by atoms with E-state index in [1.165, 1.54) is 15.8 Å². The van der Waals surface area contributed by atoms with Gasteiger partial charge >= 0.3 is 6.03 Å². The maximum atomic E-state index is 11.9. The van der Waals surface area contributed by atoms with E-state index in [0.29, 0.717) is 12.3 Å². The number of aromatic nitrogens is 4. The van der Waals surface area contributed by atoms with Gasteiger partial charge in [-0.1, -0.05) is 10.4 Å². The highest BCUT2D eigenvalue weighted by Crippen LogP contribution is 2.11. The number of carbonyl (C=O) groups is 2. The quantitative estimate of drug-likeness (QED) is 0.817. The van der Waals surface area contributed by atoms with Crippen molar-refractivity contribution in [2.24, 2.45) is 0 Å². The third kappa shape index (κ3) is 4.28. The molecule has 0 aliphatic heterocycles. The van der Waals surface area contributed by atoms with E-state index in [-0.39, 0.29) is 24.3 Å². The number of nitrogens with one attached hydrogen (secondary N) is 2. The predicted octanol–water partition coefficient (Wildman–Crippen LogP) is 0.293. The molecule has 2 aromatic rings. The van der Waals surface area contributed by atoms with Crippen LogP contribution in [0, 0.1) is 13.8 Å². The average Bonchev–Trinajstić information content (AvgIpc) is 3.04. The van der Waals surface area contributed by atoms with Crippen molar-refractivity contribution < 1.29 is 14.1 Å². The molecule has 2 heterocycles. The maximum Gasteiger partial charge on any atom is 0.322 e. The SMILES string of the molecule is Cc1noc(C)c1CNC(=O)Cn1cc(NC(=O)N(C)C)nn1. The minimum absolute atomic E-state index is 0.00574. The average molecular weight is 321 g/mol. The zero-order valence-electron chi connectivity index (χ0n) is 13.5. The van der Waals surface area contributed by atoms with Gasteiger partial charge in [-0.15, -0.1) is 5.10 Å². The van der Waals surface area contributed by atoms with Crippen molar-refractivity contribution in [1.29, 1.82) is 0 Å². The number of rotatable bonds is 5. The number of nitrogens with zero attached hydrogens (tertiary/aromatic N) is 5. The summed E-state index contributed by atoms with van der Waals surface area (Å²) in [5, 5.41) is 16.7. The van der Waals surface area contributed by atoms with E-state index in [1.54, 1.807) is 21.0 Å². The van der Waals surface area contributed by atoms with Crippen LogP contribution in [0.4, 0.5) is 10.6 Å². The molecule has 0 aliphatic carbocycles. The molecule has 0 bridgehead atoms. The Hall–Kier alpha value is -2.91. The first-order valence-corrected chi connectivity index (χ1v) is 6.93. The fourth-order valence-corrected chi connectivity index (χ4v) is 1.80. The van der Waals surface area contributed by atoms with Gasteiger partial charge in [0.05, 0.1) is 11.9 Å². The Morgan fingerprint density at radius 3 is 2.70 bits per heavy atom. The molecule has 2 rings (SSSR count). The van der Waals surface area contributed by atoms with Crippen molar-refractivity contribution in [1.82, 2.24) is 30.4 Å². The summed E-state index contributed by atoms with van der Waals surface area (Å²) >= 11 is 0. The molecule has 0 atom stereocenters. The van der Waals surface area contributed by atoms with Gasteiger partial charge < -0.3 is 14.7 Å². The number of hydrogen-bond acceptors (Lipinski definition) is 6. The van der Waals surface area contributed by atoms with Gasteiger partial charge in [-0.2, -0.15) is 0 Å².